The van der Waals surface area contributed by atoms with E-state index in [4.69, 9.17) is 47.9 Å². The van der Waals surface area contributed by atoms with E-state index in [1.165, 1.54) is 0 Å². The summed E-state index contributed by atoms with van der Waals surface area (Å²) < 4.78 is 34.4. The van der Waals surface area contributed by atoms with Crippen molar-refractivity contribution in [3.8, 4) is 34.5 Å². The molecule has 3 aliphatic rings. The van der Waals surface area contributed by atoms with Crippen LogP contribution in [0.1, 0.15) is 121 Å². The Bertz CT molecular complexity index is 3000. The summed E-state index contributed by atoms with van der Waals surface area (Å²) in [5.41, 5.74) is 15.6. The monoisotopic (exact) mass is 953 g/mol. The Kier molecular flexibility index (Phi) is 17.4. The smallest absolute Gasteiger partial charge is 0.457 e. The molecule has 3 unspecified atom stereocenters. The molecule has 6 aromatic rings. The molecule has 3 atom stereocenters. The van der Waals surface area contributed by atoms with Gasteiger partial charge in [-0.2, -0.15) is 0 Å². The fourth-order valence-corrected chi connectivity index (χ4v) is 9.37. The number of rotatable bonds is 6. The highest BCUT2D eigenvalue weighted by Gasteiger charge is 2.36. The van der Waals surface area contributed by atoms with Gasteiger partial charge in [0.2, 0.25) is 0 Å². The van der Waals surface area contributed by atoms with Crippen LogP contribution < -0.4 is 30.6 Å². The first-order valence-electron chi connectivity index (χ1n) is 22.7. The van der Waals surface area contributed by atoms with Crippen molar-refractivity contribution in [1.82, 2.24) is 0 Å². The van der Waals surface area contributed by atoms with Gasteiger partial charge in [-0.05, 0) is 227 Å². The molecular formula is C56H62B3N3O9. The van der Waals surface area contributed by atoms with E-state index in [-0.39, 0.29) is 33.2 Å². The predicted molar refractivity (Wildman–Crippen MR) is 285 cm³/mol. The number of hydrogen-bond acceptors (Lipinski definition) is 9. The van der Waals surface area contributed by atoms with Crippen LogP contribution in [0.5, 0.6) is 34.5 Å². The van der Waals surface area contributed by atoms with Crippen LogP contribution in [0.15, 0.2) is 72.8 Å². The zero-order valence-electron chi connectivity index (χ0n) is 41.0. The maximum absolute atomic E-state index is 9.95. The average Bonchev–Trinajstić information content (AvgIpc) is 3.84. The number of ether oxygens (including phenoxy) is 3. The minimum absolute atomic E-state index is 0. The Balaban J connectivity index is 0.000000195. The summed E-state index contributed by atoms with van der Waals surface area (Å²) >= 11 is 0. The summed E-state index contributed by atoms with van der Waals surface area (Å²) in [5, 5.41) is 29.7. The third-order valence-corrected chi connectivity index (χ3v) is 12.8. The summed E-state index contributed by atoms with van der Waals surface area (Å²) in [5.74, 6) is 4.31. The molecule has 0 saturated carbocycles. The molecule has 6 aromatic carbocycles. The van der Waals surface area contributed by atoms with E-state index < -0.39 is 21.4 Å². The quantitative estimate of drug-likeness (QED) is 0.110. The Morgan fingerprint density at radius 2 is 0.831 bits per heavy atom. The third kappa shape index (κ3) is 11.4. The number of fused-ring (bicyclic) bond motifs is 3. The maximum Gasteiger partial charge on any atom is 0.492 e. The number of nitrogens with zero attached hydrogens (tertiary/aromatic N) is 3. The van der Waals surface area contributed by atoms with Crippen molar-refractivity contribution in [2.24, 2.45) is 0 Å². The fourth-order valence-electron chi connectivity index (χ4n) is 9.37. The lowest BCUT2D eigenvalue weighted by atomic mass is 9.76. The van der Waals surface area contributed by atoms with Crippen molar-refractivity contribution in [1.29, 1.82) is 0 Å². The van der Waals surface area contributed by atoms with Crippen LogP contribution in [0.3, 0.4) is 0 Å². The maximum atomic E-state index is 9.95. The molecule has 0 radical (unpaired) electrons. The molecule has 3 N–H and O–H groups in total. The zero-order chi connectivity index (χ0) is 50.2. The lowest BCUT2D eigenvalue weighted by Crippen LogP contribution is -2.30. The SMILES string of the molecule is C.C.[C-]#[N+]c1c(C)cc(Oc2cc(C)c3c(c2)C(C)OB3O)cc1C.[C-]#[N+]c1c(C)cc(Oc2cc3c(cc2C)B(O)OC3C)cc1C.[C-]#[N+]c1c(C)cc(Oc2ccc3c(c2C)C(C)OB3O)cc1C. The minimum atomic E-state index is -0.866. The highest BCUT2D eigenvalue weighted by Crippen LogP contribution is 2.38. The van der Waals surface area contributed by atoms with Crippen molar-refractivity contribution >= 4 is 54.8 Å². The molecule has 364 valence electrons. The Morgan fingerprint density at radius 3 is 1.32 bits per heavy atom. The lowest BCUT2D eigenvalue weighted by molar-refractivity contribution is 0.208. The third-order valence-electron chi connectivity index (χ3n) is 12.8. The van der Waals surface area contributed by atoms with E-state index in [9.17, 15) is 15.1 Å². The summed E-state index contributed by atoms with van der Waals surface area (Å²) in [6.07, 6.45) is -0.470. The predicted octanol–water partition coefficient (Wildman–Crippen LogP) is 12.5. The van der Waals surface area contributed by atoms with Crippen LogP contribution in [0, 0.1) is 82.0 Å². The Labute approximate surface area is 421 Å². The van der Waals surface area contributed by atoms with Crippen LogP contribution in [0.25, 0.3) is 14.5 Å². The van der Waals surface area contributed by atoms with Gasteiger partial charge in [-0.25, -0.2) is 14.5 Å². The first-order valence-corrected chi connectivity index (χ1v) is 22.7. The molecule has 71 heavy (non-hydrogen) atoms. The Morgan fingerprint density at radius 1 is 0.437 bits per heavy atom. The van der Waals surface area contributed by atoms with Gasteiger partial charge in [-0.1, -0.05) is 27.0 Å². The molecule has 9 rings (SSSR count). The fraction of sp³-hybridized carbons (Fsp3) is 0.304. The molecule has 0 aromatic heterocycles. The summed E-state index contributed by atoms with van der Waals surface area (Å²) in [6, 6.07) is 22.6. The van der Waals surface area contributed by atoms with Gasteiger partial charge < -0.3 is 43.2 Å². The van der Waals surface area contributed by atoms with Gasteiger partial charge in [-0.15, -0.1) is 0 Å². The lowest BCUT2D eigenvalue weighted by Gasteiger charge is -2.15. The van der Waals surface area contributed by atoms with Gasteiger partial charge in [0.1, 0.15) is 34.5 Å². The molecule has 0 spiro atoms. The van der Waals surface area contributed by atoms with Crippen LogP contribution in [0.4, 0.5) is 17.1 Å². The molecule has 3 aliphatic heterocycles. The van der Waals surface area contributed by atoms with Crippen molar-refractivity contribution < 1.29 is 43.2 Å². The zero-order valence-corrected chi connectivity index (χ0v) is 41.0. The van der Waals surface area contributed by atoms with Gasteiger partial charge in [0.25, 0.3) is 0 Å². The van der Waals surface area contributed by atoms with E-state index in [1.807, 2.05) is 156 Å². The van der Waals surface area contributed by atoms with Crippen molar-refractivity contribution in [2.45, 2.75) is 116 Å². The van der Waals surface area contributed by atoms with E-state index >= 15 is 0 Å². The molecular weight excluding hydrogens is 891 g/mol. The average molecular weight is 954 g/mol. The van der Waals surface area contributed by atoms with E-state index in [0.717, 1.165) is 94.6 Å². The van der Waals surface area contributed by atoms with E-state index in [2.05, 4.69) is 14.5 Å². The molecule has 15 heteroatoms. The van der Waals surface area contributed by atoms with Crippen molar-refractivity contribution in [3.05, 3.63) is 174 Å². The van der Waals surface area contributed by atoms with E-state index in [0.29, 0.717) is 40.1 Å². The highest BCUT2D eigenvalue weighted by molar-refractivity contribution is 6.63. The first kappa shape index (κ1) is 55.1. The minimum Gasteiger partial charge on any atom is -0.457 e. The molecule has 0 amide bonds. The summed E-state index contributed by atoms with van der Waals surface area (Å²) in [6.45, 7) is 44.7. The van der Waals surface area contributed by atoms with Crippen LogP contribution in [0.2, 0.25) is 0 Å². The van der Waals surface area contributed by atoms with Gasteiger partial charge in [-0.3, -0.25) is 0 Å². The van der Waals surface area contributed by atoms with E-state index in [1.54, 1.807) is 0 Å². The largest absolute Gasteiger partial charge is 0.492 e. The second-order valence-electron chi connectivity index (χ2n) is 17.9. The summed E-state index contributed by atoms with van der Waals surface area (Å²) in [4.78, 5) is 10.6. The molecule has 3 heterocycles. The van der Waals surface area contributed by atoms with Gasteiger partial charge in [0.05, 0.1) is 38.0 Å². The number of benzene rings is 6. The normalized spacial score (nSPS) is 15.7. The molecule has 0 fully saturated rings. The topological polar surface area (TPSA) is 129 Å². The standard InChI is InChI=1S/3C18H18BNO3.2CH4/c1-10-8-16-15(13(4)23-19(16)21)9-17(10)22-14-6-11(2)18(20-5)12(3)7-14;1-10-6-15(9-16-13(4)23-19(21)17(10)16)22-14-7-11(2)18(20-5)12(3)8-14;1-10-8-14(9-11(2)18(10)20-5)22-16-7-6-15-17(12(16)3)13(4)23-19(15)21;;/h3*6-9,13,21H,1-4H3;2*1H4. The van der Waals surface area contributed by atoms with Crippen LogP contribution >= 0.6 is 0 Å². The number of aryl methyl sites for hydroxylation is 8. The van der Waals surface area contributed by atoms with Gasteiger partial charge in [0.15, 0.2) is 17.1 Å². The molecule has 0 saturated heterocycles. The van der Waals surface area contributed by atoms with Gasteiger partial charge in [0, 0.05) is 0 Å². The number of hydrogen-bond donors (Lipinski definition) is 3. The van der Waals surface area contributed by atoms with Crippen molar-refractivity contribution in [2.75, 3.05) is 0 Å². The highest BCUT2D eigenvalue weighted by atomic mass is 16.5. The van der Waals surface area contributed by atoms with Crippen molar-refractivity contribution in [3.63, 3.8) is 0 Å². The Hall–Kier alpha value is -6.86. The van der Waals surface area contributed by atoms with Crippen LogP contribution in [-0.2, 0) is 14.0 Å². The molecule has 0 aliphatic carbocycles. The van der Waals surface area contributed by atoms with Crippen LogP contribution in [-0.4, -0.2) is 36.4 Å². The second kappa shape index (κ2) is 22.5. The molecule has 0 bridgehead atoms. The molecule has 12 nitrogen and oxygen atoms in total. The summed E-state index contributed by atoms with van der Waals surface area (Å²) in [7, 11) is -2.60. The second-order valence-corrected chi connectivity index (χ2v) is 17.9. The van der Waals surface area contributed by atoms with Gasteiger partial charge >= 0.3 is 21.4 Å². The first-order chi connectivity index (χ1) is 32.7.